The van der Waals surface area contributed by atoms with Gasteiger partial charge in [-0.15, -0.1) is 6.42 Å². The monoisotopic (exact) mass is 231 g/mol. The normalized spacial score (nSPS) is 10.5. The predicted octanol–water partition coefficient (Wildman–Crippen LogP) is 2.69. The third kappa shape index (κ3) is 5.07. The number of amides is 1. The Morgan fingerprint density at radius 1 is 1.35 bits per heavy atom. The molecule has 1 aromatic rings. The second-order valence-electron chi connectivity index (χ2n) is 4.79. The van der Waals surface area contributed by atoms with Crippen molar-refractivity contribution in [3.05, 3.63) is 35.4 Å². The summed E-state index contributed by atoms with van der Waals surface area (Å²) in [5.41, 5.74) is 1.44. The molecule has 0 fully saturated rings. The molecule has 0 aromatic heterocycles. The minimum atomic E-state index is -0.418. The maximum Gasteiger partial charge on any atom is 0.407 e. The van der Waals surface area contributed by atoms with Crippen LogP contribution in [0.15, 0.2) is 24.3 Å². The maximum atomic E-state index is 11.4. The number of hydrogen-bond donors (Lipinski definition) is 1. The van der Waals surface area contributed by atoms with Crippen LogP contribution in [0.25, 0.3) is 0 Å². The van der Waals surface area contributed by atoms with Crippen molar-refractivity contribution in [3.8, 4) is 12.3 Å². The summed E-state index contributed by atoms with van der Waals surface area (Å²) in [6.07, 6.45) is 4.83. The van der Waals surface area contributed by atoms with Gasteiger partial charge >= 0.3 is 6.09 Å². The molecule has 3 heteroatoms. The predicted molar refractivity (Wildman–Crippen MR) is 67.5 cm³/mol. The number of nitrogens with one attached hydrogen (secondary N) is 1. The van der Waals surface area contributed by atoms with Gasteiger partial charge in [0.2, 0.25) is 0 Å². The van der Waals surface area contributed by atoms with Gasteiger partial charge in [0.05, 0.1) is 0 Å². The second kappa shape index (κ2) is 5.40. The summed E-state index contributed by atoms with van der Waals surface area (Å²) in [4.78, 5) is 11.4. The van der Waals surface area contributed by atoms with Crippen LogP contribution in [0.3, 0.4) is 0 Å². The lowest BCUT2D eigenvalue weighted by Gasteiger charge is -2.19. The van der Waals surface area contributed by atoms with E-state index in [4.69, 9.17) is 11.2 Å². The van der Waals surface area contributed by atoms with Gasteiger partial charge in [-0.25, -0.2) is 4.79 Å². The smallest absolute Gasteiger partial charge is 0.407 e. The first kappa shape index (κ1) is 13.1. The molecule has 0 heterocycles. The van der Waals surface area contributed by atoms with Gasteiger partial charge in [-0.05, 0) is 38.5 Å². The second-order valence-corrected chi connectivity index (χ2v) is 4.79. The molecule has 0 aliphatic rings. The molecule has 0 aliphatic carbocycles. The van der Waals surface area contributed by atoms with E-state index in [0.717, 1.165) is 11.1 Å². The topological polar surface area (TPSA) is 38.3 Å². The molecule has 0 aliphatic heterocycles. The molecule has 90 valence electrons. The first-order valence-electron chi connectivity index (χ1n) is 5.41. The van der Waals surface area contributed by atoms with Crippen molar-refractivity contribution in [1.29, 1.82) is 0 Å². The summed E-state index contributed by atoms with van der Waals surface area (Å²) >= 11 is 0. The first-order chi connectivity index (χ1) is 7.90. The molecule has 1 N–H and O–H groups in total. The standard InChI is InChI=1S/C14H17NO2/c1-5-11-6-8-12(9-7-11)10-17-13(16)15-14(2,3)4/h1,6-9H,10H2,2-4H3,(H,15,16). The molecular weight excluding hydrogens is 214 g/mol. The molecule has 0 saturated carbocycles. The van der Waals surface area contributed by atoms with Gasteiger partial charge in [-0.2, -0.15) is 0 Å². The lowest BCUT2D eigenvalue weighted by Crippen LogP contribution is -2.40. The molecular formula is C14H17NO2. The number of ether oxygens (including phenoxy) is 1. The molecule has 1 aromatic carbocycles. The highest BCUT2D eigenvalue weighted by Gasteiger charge is 2.14. The Morgan fingerprint density at radius 3 is 2.41 bits per heavy atom. The Hall–Kier alpha value is -1.95. The van der Waals surface area contributed by atoms with Crippen molar-refractivity contribution in [2.45, 2.75) is 32.9 Å². The van der Waals surface area contributed by atoms with E-state index in [2.05, 4.69) is 11.2 Å². The van der Waals surface area contributed by atoms with E-state index in [-0.39, 0.29) is 12.1 Å². The minimum absolute atomic E-state index is 0.243. The summed E-state index contributed by atoms with van der Waals surface area (Å²) in [5, 5.41) is 2.72. The van der Waals surface area contributed by atoms with Crippen molar-refractivity contribution < 1.29 is 9.53 Å². The van der Waals surface area contributed by atoms with Crippen LogP contribution in [0, 0.1) is 12.3 Å². The zero-order chi connectivity index (χ0) is 12.9. The Balaban J connectivity index is 2.45. The van der Waals surface area contributed by atoms with Gasteiger partial charge in [0.15, 0.2) is 0 Å². The molecule has 17 heavy (non-hydrogen) atoms. The number of hydrogen-bond acceptors (Lipinski definition) is 2. The molecule has 1 amide bonds. The highest BCUT2D eigenvalue weighted by Crippen LogP contribution is 2.06. The summed E-state index contributed by atoms with van der Waals surface area (Å²) in [5.74, 6) is 2.53. The number of carbonyl (C=O) groups excluding carboxylic acids is 1. The van der Waals surface area contributed by atoms with Gasteiger partial charge in [-0.3, -0.25) is 0 Å². The van der Waals surface area contributed by atoms with E-state index in [1.54, 1.807) is 0 Å². The molecule has 0 radical (unpaired) electrons. The Kier molecular flexibility index (Phi) is 4.17. The lowest BCUT2D eigenvalue weighted by molar-refractivity contribution is 0.131. The zero-order valence-corrected chi connectivity index (χ0v) is 10.4. The average molecular weight is 231 g/mol. The SMILES string of the molecule is C#Cc1ccc(COC(=O)NC(C)(C)C)cc1. The van der Waals surface area contributed by atoms with Crippen molar-refractivity contribution in [3.63, 3.8) is 0 Å². The van der Waals surface area contributed by atoms with E-state index in [0.29, 0.717) is 0 Å². The first-order valence-corrected chi connectivity index (χ1v) is 5.41. The van der Waals surface area contributed by atoms with Crippen LogP contribution in [0.2, 0.25) is 0 Å². The Bertz CT molecular complexity index is 421. The Labute approximate surface area is 102 Å². The molecule has 0 saturated heterocycles. The number of carbonyl (C=O) groups is 1. The third-order valence-electron chi connectivity index (χ3n) is 1.97. The average Bonchev–Trinajstić information content (AvgIpc) is 2.25. The van der Waals surface area contributed by atoms with Crippen molar-refractivity contribution in [2.24, 2.45) is 0 Å². The van der Waals surface area contributed by atoms with E-state index in [9.17, 15) is 4.79 Å². The third-order valence-corrected chi connectivity index (χ3v) is 1.97. The summed E-state index contributed by atoms with van der Waals surface area (Å²) in [6.45, 7) is 5.94. The van der Waals surface area contributed by atoms with Crippen LogP contribution in [-0.4, -0.2) is 11.6 Å². The summed E-state index contributed by atoms with van der Waals surface area (Å²) in [7, 11) is 0. The van der Waals surface area contributed by atoms with E-state index in [1.165, 1.54) is 0 Å². The molecule has 0 atom stereocenters. The van der Waals surface area contributed by atoms with Gasteiger partial charge in [0.1, 0.15) is 6.61 Å². The molecule has 0 spiro atoms. The highest BCUT2D eigenvalue weighted by atomic mass is 16.5. The van der Waals surface area contributed by atoms with Crippen molar-refractivity contribution >= 4 is 6.09 Å². The maximum absolute atomic E-state index is 11.4. The van der Waals surface area contributed by atoms with Crippen LogP contribution >= 0.6 is 0 Å². The minimum Gasteiger partial charge on any atom is -0.445 e. The van der Waals surface area contributed by atoms with E-state index >= 15 is 0 Å². The van der Waals surface area contributed by atoms with E-state index in [1.807, 2.05) is 45.0 Å². The van der Waals surface area contributed by atoms with Gasteiger partial charge in [0.25, 0.3) is 0 Å². The fraction of sp³-hybridized carbons (Fsp3) is 0.357. The van der Waals surface area contributed by atoms with Crippen molar-refractivity contribution in [1.82, 2.24) is 5.32 Å². The molecule has 1 rings (SSSR count). The lowest BCUT2D eigenvalue weighted by atomic mass is 10.1. The van der Waals surface area contributed by atoms with Crippen LogP contribution < -0.4 is 5.32 Å². The highest BCUT2D eigenvalue weighted by molar-refractivity contribution is 5.68. The fourth-order valence-corrected chi connectivity index (χ4v) is 1.19. The quantitative estimate of drug-likeness (QED) is 0.795. The van der Waals surface area contributed by atoms with Crippen molar-refractivity contribution in [2.75, 3.05) is 0 Å². The van der Waals surface area contributed by atoms with Gasteiger partial charge < -0.3 is 10.1 Å². The molecule has 0 bridgehead atoms. The van der Waals surface area contributed by atoms with Crippen LogP contribution in [0.4, 0.5) is 4.79 Å². The largest absolute Gasteiger partial charge is 0.445 e. The number of rotatable bonds is 2. The van der Waals surface area contributed by atoms with Gasteiger partial charge in [0, 0.05) is 11.1 Å². The van der Waals surface area contributed by atoms with Gasteiger partial charge in [-0.1, -0.05) is 18.1 Å². The van der Waals surface area contributed by atoms with Crippen LogP contribution in [0.1, 0.15) is 31.9 Å². The number of benzene rings is 1. The zero-order valence-electron chi connectivity index (χ0n) is 10.4. The summed E-state index contributed by atoms with van der Waals surface area (Å²) < 4.78 is 5.08. The Morgan fingerprint density at radius 2 is 1.94 bits per heavy atom. The molecule has 3 nitrogen and oxygen atoms in total. The summed E-state index contributed by atoms with van der Waals surface area (Å²) in [6, 6.07) is 7.33. The van der Waals surface area contributed by atoms with Crippen LogP contribution in [0.5, 0.6) is 0 Å². The van der Waals surface area contributed by atoms with Crippen LogP contribution in [-0.2, 0) is 11.3 Å². The number of alkyl carbamates (subject to hydrolysis) is 1. The fourth-order valence-electron chi connectivity index (χ4n) is 1.19. The molecule has 0 unspecified atom stereocenters. The van der Waals surface area contributed by atoms with E-state index < -0.39 is 6.09 Å². The number of terminal acetylenes is 1.